The quantitative estimate of drug-likeness (QED) is 0.860. The Balaban J connectivity index is 0.000000276. The monoisotopic (exact) mass is 278 g/mol. The van der Waals surface area contributed by atoms with Crippen LogP contribution in [-0.4, -0.2) is 17.7 Å². The molecule has 1 aromatic rings. The summed E-state index contributed by atoms with van der Waals surface area (Å²) in [5.41, 5.74) is 0.833. The number of hydrogen-bond acceptors (Lipinski definition) is 4. The Labute approximate surface area is 120 Å². The lowest BCUT2D eigenvalue weighted by Crippen LogP contribution is -2.14. The highest BCUT2D eigenvalue weighted by Gasteiger charge is 2.15. The van der Waals surface area contributed by atoms with Crippen LogP contribution in [0.1, 0.15) is 39.7 Å². The van der Waals surface area contributed by atoms with Gasteiger partial charge in [0, 0.05) is 0 Å². The van der Waals surface area contributed by atoms with Gasteiger partial charge in [0.2, 0.25) is 0 Å². The summed E-state index contributed by atoms with van der Waals surface area (Å²) in [6, 6.07) is 7.57. The Kier molecular flexibility index (Phi) is 5.77. The van der Waals surface area contributed by atoms with Crippen LogP contribution in [0, 0.1) is 0 Å². The van der Waals surface area contributed by atoms with Crippen molar-refractivity contribution in [3.8, 4) is 5.75 Å². The van der Waals surface area contributed by atoms with Crippen molar-refractivity contribution >= 4 is 5.97 Å². The Morgan fingerprint density at radius 1 is 1.25 bits per heavy atom. The van der Waals surface area contributed by atoms with Gasteiger partial charge in [0.05, 0.1) is 17.8 Å². The molecule has 0 bridgehead atoms. The maximum Gasteiger partial charge on any atom is 0.341 e. The van der Waals surface area contributed by atoms with Gasteiger partial charge in [0.15, 0.2) is 0 Å². The van der Waals surface area contributed by atoms with E-state index < -0.39 is 5.60 Å². The topological polar surface area (TPSA) is 55.8 Å². The van der Waals surface area contributed by atoms with Crippen LogP contribution >= 0.6 is 0 Å². The molecule has 0 atom stereocenters. The Morgan fingerprint density at radius 2 is 1.80 bits per heavy atom. The molecule has 1 aliphatic heterocycles. The van der Waals surface area contributed by atoms with Crippen molar-refractivity contribution in [1.82, 2.24) is 0 Å². The molecule has 4 nitrogen and oxygen atoms in total. The average Bonchev–Trinajstić information content (AvgIpc) is 2.43. The summed E-state index contributed by atoms with van der Waals surface area (Å²) in [6.45, 7) is 8.07. The molecule has 0 unspecified atom stereocenters. The number of carbonyl (C=O) groups is 1. The van der Waals surface area contributed by atoms with E-state index in [4.69, 9.17) is 4.74 Å². The lowest BCUT2D eigenvalue weighted by Gasteiger charge is -2.17. The number of benzene rings is 1. The molecule has 110 valence electrons. The maximum absolute atomic E-state index is 9.94. The molecule has 0 saturated carbocycles. The summed E-state index contributed by atoms with van der Waals surface area (Å²) in [5, 5.41) is 9.72. The molecule has 1 aliphatic rings. The van der Waals surface area contributed by atoms with Crippen LogP contribution in [0.15, 0.2) is 36.1 Å². The van der Waals surface area contributed by atoms with Crippen molar-refractivity contribution in [3.63, 3.8) is 0 Å². The molecule has 20 heavy (non-hydrogen) atoms. The van der Waals surface area contributed by atoms with Crippen LogP contribution < -0.4 is 4.74 Å². The third kappa shape index (κ3) is 5.05. The number of hydrogen-bond donors (Lipinski definition) is 1. The molecule has 1 aromatic carbocycles. The van der Waals surface area contributed by atoms with Crippen LogP contribution in [0.2, 0.25) is 0 Å². The number of aliphatic hydroxyl groups is 1. The van der Waals surface area contributed by atoms with E-state index in [9.17, 15) is 9.90 Å². The van der Waals surface area contributed by atoms with Crippen molar-refractivity contribution in [2.45, 2.75) is 39.7 Å². The van der Waals surface area contributed by atoms with Crippen molar-refractivity contribution < 1.29 is 19.4 Å². The minimum Gasteiger partial charge on any atom is -0.494 e. The van der Waals surface area contributed by atoms with Gasteiger partial charge in [-0.3, -0.25) is 0 Å². The number of carbonyl (C=O) groups excluding carboxylic acids is 1. The van der Waals surface area contributed by atoms with Crippen molar-refractivity contribution in [2.75, 3.05) is 6.61 Å². The summed E-state index contributed by atoms with van der Waals surface area (Å²) in [7, 11) is 0. The van der Waals surface area contributed by atoms with E-state index >= 15 is 0 Å². The largest absolute Gasteiger partial charge is 0.494 e. The Hall–Kier alpha value is -1.81. The standard InChI is InChI=1S/C12H18O2.C4H4O2/c1-4-9-14-11-7-5-10(6-8-11)12(2,3)13;1-3-2-6-4(3)5/h5-8,13H,4,9H2,1-3H3;2H,1H3. The maximum atomic E-state index is 9.94. The van der Waals surface area contributed by atoms with E-state index in [1.54, 1.807) is 20.8 Å². The lowest BCUT2D eigenvalue weighted by atomic mass is 9.99. The Morgan fingerprint density at radius 3 is 2.10 bits per heavy atom. The molecular weight excluding hydrogens is 256 g/mol. The minimum atomic E-state index is -0.775. The number of cyclic esters (lactones) is 1. The fourth-order valence-electron chi connectivity index (χ4n) is 1.40. The zero-order chi connectivity index (χ0) is 15.2. The first-order valence-electron chi connectivity index (χ1n) is 6.68. The molecule has 0 radical (unpaired) electrons. The van der Waals surface area contributed by atoms with E-state index in [2.05, 4.69) is 11.7 Å². The molecule has 0 saturated heterocycles. The fourth-order valence-corrected chi connectivity index (χ4v) is 1.40. The van der Waals surface area contributed by atoms with E-state index in [1.807, 2.05) is 24.3 Å². The van der Waals surface area contributed by atoms with Gasteiger partial charge in [-0.15, -0.1) is 0 Å². The van der Waals surface area contributed by atoms with Crippen molar-refractivity contribution in [3.05, 3.63) is 41.7 Å². The van der Waals surface area contributed by atoms with Gasteiger partial charge in [-0.2, -0.15) is 0 Å². The van der Waals surface area contributed by atoms with Gasteiger partial charge in [0.25, 0.3) is 0 Å². The first-order valence-corrected chi connectivity index (χ1v) is 6.68. The number of ether oxygens (including phenoxy) is 2. The molecule has 0 spiro atoms. The highest BCUT2D eigenvalue weighted by Crippen LogP contribution is 2.22. The van der Waals surface area contributed by atoms with Crippen LogP contribution in [0.25, 0.3) is 0 Å². The molecule has 1 N–H and O–H groups in total. The first-order chi connectivity index (χ1) is 9.34. The second-order valence-corrected chi connectivity index (χ2v) is 5.14. The highest BCUT2D eigenvalue weighted by molar-refractivity contribution is 5.92. The third-order valence-corrected chi connectivity index (χ3v) is 2.70. The first kappa shape index (κ1) is 16.2. The third-order valence-electron chi connectivity index (χ3n) is 2.70. The number of esters is 1. The molecule has 4 heteroatoms. The predicted octanol–water partition coefficient (Wildman–Crippen LogP) is 3.15. The molecule has 1 heterocycles. The molecular formula is C16H22O4. The van der Waals surface area contributed by atoms with Gasteiger partial charge >= 0.3 is 5.97 Å². The zero-order valence-corrected chi connectivity index (χ0v) is 12.5. The predicted molar refractivity (Wildman–Crippen MR) is 77.3 cm³/mol. The minimum absolute atomic E-state index is 0.199. The van der Waals surface area contributed by atoms with E-state index in [0.717, 1.165) is 24.3 Å². The van der Waals surface area contributed by atoms with Crippen LogP contribution in [0.3, 0.4) is 0 Å². The van der Waals surface area contributed by atoms with Gasteiger partial charge < -0.3 is 14.6 Å². The van der Waals surface area contributed by atoms with E-state index in [-0.39, 0.29) is 5.97 Å². The van der Waals surface area contributed by atoms with E-state index in [0.29, 0.717) is 5.57 Å². The molecule has 0 fully saturated rings. The second kappa shape index (κ2) is 7.10. The van der Waals surface area contributed by atoms with Gasteiger partial charge in [-0.1, -0.05) is 19.1 Å². The highest BCUT2D eigenvalue weighted by atomic mass is 16.5. The summed E-state index contributed by atoms with van der Waals surface area (Å²) in [4.78, 5) is 9.94. The molecule has 0 aromatic heterocycles. The lowest BCUT2D eigenvalue weighted by molar-refractivity contribution is -0.138. The van der Waals surface area contributed by atoms with Crippen molar-refractivity contribution in [1.29, 1.82) is 0 Å². The van der Waals surface area contributed by atoms with Gasteiger partial charge in [-0.25, -0.2) is 4.79 Å². The summed E-state index contributed by atoms with van der Waals surface area (Å²) in [6.07, 6.45) is 2.44. The Bertz CT molecular complexity index is 466. The summed E-state index contributed by atoms with van der Waals surface area (Å²) < 4.78 is 9.68. The van der Waals surface area contributed by atoms with Crippen LogP contribution in [0.5, 0.6) is 5.75 Å². The second-order valence-electron chi connectivity index (χ2n) is 5.14. The molecule has 0 amide bonds. The van der Waals surface area contributed by atoms with E-state index in [1.165, 1.54) is 6.26 Å². The number of rotatable bonds is 4. The normalized spacial score (nSPS) is 13.4. The molecule has 0 aliphatic carbocycles. The zero-order valence-electron chi connectivity index (χ0n) is 12.5. The smallest absolute Gasteiger partial charge is 0.341 e. The fraction of sp³-hybridized carbons (Fsp3) is 0.438. The van der Waals surface area contributed by atoms with Crippen molar-refractivity contribution in [2.24, 2.45) is 0 Å². The SMILES string of the molecule is CC1=COC1=O.CCCOc1ccc(C(C)(C)O)cc1. The molecule has 2 rings (SSSR count). The summed E-state index contributed by atoms with van der Waals surface area (Å²) >= 11 is 0. The van der Waals surface area contributed by atoms with Gasteiger partial charge in [0.1, 0.15) is 12.0 Å². The van der Waals surface area contributed by atoms with Crippen LogP contribution in [0.4, 0.5) is 0 Å². The summed E-state index contributed by atoms with van der Waals surface area (Å²) in [5.74, 6) is 0.662. The van der Waals surface area contributed by atoms with Crippen LogP contribution in [-0.2, 0) is 15.1 Å². The average molecular weight is 278 g/mol. The van der Waals surface area contributed by atoms with Gasteiger partial charge in [-0.05, 0) is 44.9 Å².